The fourth-order valence-corrected chi connectivity index (χ4v) is 4.11. The van der Waals surface area contributed by atoms with Gasteiger partial charge in [0.25, 0.3) is 0 Å². The smallest absolute Gasteiger partial charge is 0.0602 e. The van der Waals surface area contributed by atoms with Crippen molar-refractivity contribution in [2.24, 2.45) is 11.8 Å². The molecule has 0 spiro atoms. The molecule has 1 aliphatic carbocycles. The molecule has 0 aromatic heterocycles. The monoisotopic (exact) mass is 272 g/mol. The van der Waals surface area contributed by atoms with Crippen LogP contribution < -0.4 is 10.2 Å². The first-order valence-electron chi connectivity index (χ1n) is 8.33. The van der Waals surface area contributed by atoms with E-state index >= 15 is 0 Å². The van der Waals surface area contributed by atoms with E-state index < -0.39 is 0 Å². The van der Waals surface area contributed by atoms with E-state index in [2.05, 4.69) is 48.3 Å². The number of rotatable bonds is 3. The second kappa shape index (κ2) is 6.07. The number of anilines is 2. The van der Waals surface area contributed by atoms with Crippen molar-refractivity contribution >= 4 is 11.4 Å². The fraction of sp³-hybridized carbons (Fsp3) is 0.667. The van der Waals surface area contributed by atoms with Gasteiger partial charge in [-0.2, -0.15) is 0 Å². The second-order valence-corrected chi connectivity index (χ2v) is 6.97. The predicted octanol–water partition coefficient (Wildman–Crippen LogP) is 4.52. The molecule has 0 amide bonds. The number of para-hydroxylation sites is 2. The molecule has 0 bridgehead atoms. The fourth-order valence-electron chi connectivity index (χ4n) is 4.11. The summed E-state index contributed by atoms with van der Waals surface area (Å²) in [5, 5.41) is 3.85. The molecule has 3 rings (SSSR count). The van der Waals surface area contributed by atoms with Crippen LogP contribution in [0.1, 0.15) is 46.0 Å². The van der Waals surface area contributed by atoms with Crippen molar-refractivity contribution in [3.63, 3.8) is 0 Å². The van der Waals surface area contributed by atoms with Crippen LogP contribution in [-0.4, -0.2) is 19.1 Å². The molecule has 1 saturated carbocycles. The quantitative estimate of drug-likeness (QED) is 0.870. The van der Waals surface area contributed by atoms with Crippen LogP contribution in [-0.2, 0) is 0 Å². The molecule has 1 N–H and O–H groups in total. The van der Waals surface area contributed by atoms with E-state index in [9.17, 15) is 0 Å². The van der Waals surface area contributed by atoms with Gasteiger partial charge in [0, 0.05) is 19.1 Å². The van der Waals surface area contributed by atoms with Crippen LogP contribution in [0.15, 0.2) is 24.3 Å². The van der Waals surface area contributed by atoms with Crippen LogP contribution in [0.25, 0.3) is 0 Å². The van der Waals surface area contributed by atoms with Gasteiger partial charge >= 0.3 is 0 Å². The largest absolute Gasteiger partial charge is 0.381 e. The highest BCUT2D eigenvalue weighted by Gasteiger charge is 2.25. The average Bonchev–Trinajstić information content (AvgIpc) is 2.92. The van der Waals surface area contributed by atoms with Crippen molar-refractivity contribution < 1.29 is 0 Å². The molecule has 1 aliphatic heterocycles. The molecule has 1 aromatic rings. The highest BCUT2D eigenvalue weighted by molar-refractivity contribution is 5.70. The van der Waals surface area contributed by atoms with E-state index in [1.54, 1.807) is 0 Å². The van der Waals surface area contributed by atoms with Crippen LogP contribution in [0.4, 0.5) is 11.4 Å². The normalized spacial score (nSPS) is 30.5. The summed E-state index contributed by atoms with van der Waals surface area (Å²) >= 11 is 0. The van der Waals surface area contributed by atoms with Crippen molar-refractivity contribution in [1.82, 2.24) is 0 Å². The molecule has 110 valence electrons. The molecule has 20 heavy (non-hydrogen) atoms. The third-order valence-corrected chi connectivity index (χ3v) is 4.89. The molecule has 1 aromatic carbocycles. The van der Waals surface area contributed by atoms with Crippen molar-refractivity contribution in [2.45, 2.75) is 52.0 Å². The molecule has 0 radical (unpaired) electrons. The zero-order chi connectivity index (χ0) is 13.9. The van der Waals surface area contributed by atoms with Crippen LogP contribution in [0.2, 0.25) is 0 Å². The van der Waals surface area contributed by atoms with E-state index in [1.165, 1.54) is 56.6 Å². The average molecular weight is 272 g/mol. The Kier molecular flexibility index (Phi) is 4.18. The topological polar surface area (TPSA) is 15.3 Å². The minimum atomic E-state index is 0.650. The van der Waals surface area contributed by atoms with Crippen molar-refractivity contribution in [3.05, 3.63) is 24.3 Å². The lowest BCUT2D eigenvalue weighted by Crippen LogP contribution is -2.31. The Bertz CT molecular complexity index is 427. The number of nitrogens with one attached hydrogen (secondary N) is 1. The van der Waals surface area contributed by atoms with Gasteiger partial charge in [-0.05, 0) is 56.1 Å². The predicted molar refractivity (Wildman–Crippen MR) is 87.5 cm³/mol. The molecule has 2 heteroatoms. The zero-order valence-corrected chi connectivity index (χ0v) is 12.9. The molecule has 2 fully saturated rings. The molecule has 2 atom stereocenters. The summed E-state index contributed by atoms with van der Waals surface area (Å²) in [6.07, 6.45) is 6.71. The molecule has 1 heterocycles. The Labute approximate surface area is 123 Å². The van der Waals surface area contributed by atoms with E-state index in [0.717, 1.165) is 11.8 Å². The summed E-state index contributed by atoms with van der Waals surface area (Å²) in [7, 11) is 0. The van der Waals surface area contributed by atoms with E-state index in [-0.39, 0.29) is 0 Å². The van der Waals surface area contributed by atoms with Crippen molar-refractivity contribution in [2.75, 3.05) is 23.3 Å². The Morgan fingerprint density at radius 1 is 0.950 bits per heavy atom. The summed E-state index contributed by atoms with van der Waals surface area (Å²) in [4.78, 5) is 2.54. The minimum absolute atomic E-state index is 0.650. The molecular formula is C18H28N2. The van der Waals surface area contributed by atoms with Crippen molar-refractivity contribution in [1.29, 1.82) is 0 Å². The van der Waals surface area contributed by atoms with E-state index in [4.69, 9.17) is 0 Å². The zero-order valence-electron chi connectivity index (χ0n) is 12.9. The van der Waals surface area contributed by atoms with Crippen LogP contribution >= 0.6 is 0 Å². The first-order chi connectivity index (χ1) is 9.72. The first-order valence-corrected chi connectivity index (χ1v) is 8.33. The van der Waals surface area contributed by atoms with Crippen LogP contribution in [0.5, 0.6) is 0 Å². The van der Waals surface area contributed by atoms with Gasteiger partial charge in [-0.3, -0.25) is 0 Å². The lowest BCUT2D eigenvalue weighted by molar-refractivity contribution is 0.281. The maximum absolute atomic E-state index is 3.85. The first kappa shape index (κ1) is 13.8. The van der Waals surface area contributed by atoms with Gasteiger partial charge in [-0.25, -0.2) is 0 Å². The van der Waals surface area contributed by atoms with Gasteiger partial charge < -0.3 is 10.2 Å². The van der Waals surface area contributed by atoms with Crippen molar-refractivity contribution in [3.8, 4) is 0 Å². The number of hydrogen-bond donors (Lipinski definition) is 1. The lowest BCUT2D eigenvalue weighted by Gasteiger charge is -2.34. The third kappa shape index (κ3) is 3.11. The Morgan fingerprint density at radius 2 is 1.60 bits per heavy atom. The Balaban J connectivity index is 1.73. The maximum Gasteiger partial charge on any atom is 0.0602 e. The highest BCUT2D eigenvalue weighted by atomic mass is 15.2. The molecule has 2 aliphatic rings. The molecular weight excluding hydrogens is 244 g/mol. The van der Waals surface area contributed by atoms with Gasteiger partial charge in [0.15, 0.2) is 0 Å². The van der Waals surface area contributed by atoms with Gasteiger partial charge in [0.05, 0.1) is 11.4 Å². The summed E-state index contributed by atoms with van der Waals surface area (Å²) in [5.74, 6) is 1.71. The van der Waals surface area contributed by atoms with Gasteiger partial charge in [-0.1, -0.05) is 26.0 Å². The summed E-state index contributed by atoms with van der Waals surface area (Å²) in [6.45, 7) is 7.24. The standard InChI is InChI=1S/C18H28N2/c1-14-11-15(2)13-16(12-14)19-17-7-3-4-8-18(17)20-9-5-6-10-20/h3-4,7-8,14-16,19H,5-6,9-13H2,1-2H3. The Morgan fingerprint density at radius 3 is 2.30 bits per heavy atom. The van der Waals surface area contributed by atoms with E-state index in [1.807, 2.05) is 0 Å². The number of benzene rings is 1. The summed E-state index contributed by atoms with van der Waals surface area (Å²) < 4.78 is 0. The minimum Gasteiger partial charge on any atom is -0.381 e. The number of hydrogen-bond acceptors (Lipinski definition) is 2. The van der Waals surface area contributed by atoms with Gasteiger partial charge in [0.2, 0.25) is 0 Å². The van der Waals surface area contributed by atoms with Gasteiger partial charge in [0.1, 0.15) is 0 Å². The molecule has 1 saturated heterocycles. The van der Waals surface area contributed by atoms with Crippen LogP contribution in [0.3, 0.4) is 0 Å². The highest BCUT2D eigenvalue weighted by Crippen LogP contribution is 2.34. The SMILES string of the molecule is CC1CC(C)CC(Nc2ccccc2N2CCCC2)C1. The number of nitrogens with zero attached hydrogens (tertiary/aromatic N) is 1. The molecule has 2 nitrogen and oxygen atoms in total. The van der Waals surface area contributed by atoms with Crippen LogP contribution in [0, 0.1) is 11.8 Å². The summed E-state index contributed by atoms with van der Waals surface area (Å²) in [6, 6.07) is 9.53. The maximum atomic E-state index is 3.85. The second-order valence-electron chi connectivity index (χ2n) is 6.97. The van der Waals surface area contributed by atoms with E-state index in [0.29, 0.717) is 6.04 Å². The molecule has 2 unspecified atom stereocenters. The Hall–Kier alpha value is -1.18. The van der Waals surface area contributed by atoms with Gasteiger partial charge in [-0.15, -0.1) is 0 Å². The summed E-state index contributed by atoms with van der Waals surface area (Å²) in [5.41, 5.74) is 2.76. The third-order valence-electron chi connectivity index (χ3n) is 4.89. The lowest BCUT2D eigenvalue weighted by atomic mass is 9.80.